The number of rotatable bonds is 6. The number of anilines is 1. The highest BCUT2D eigenvalue weighted by molar-refractivity contribution is 6.08. The van der Waals surface area contributed by atoms with E-state index in [1.165, 1.54) is 0 Å². The Kier molecular flexibility index (Phi) is 4.18. The molecule has 1 fully saturated rings. The van der Waals surface area contributed by atoms with Gasteiger partial charge in [0.1, 0.15) is 5.75 Å². The summed E-state index contributed by atoms with van der Waals surface area (Å²) in [5.41, 5.74) is 0.285. The zero-order valence-corrected chi connectivity index (χ0v) is 13.7. The molecule has 1 aromatic heterocycles. The number of H-pyrrole nitrogens is 1. The standard InChI is InChI=1S/C17H16N6O3/c24-15(18-12-5-6-12)9-26-14-8-11-4-2-1-3-10(11)7-13(14)16(25)19-17-20-22-23-21-17/h1-4,7-8,12H,5-6,9H2,(H,18,24)(H2,19,20,21,22,23,25). The lowest BCUT2D eigenvalue weighted by molar-refractivity contribution is -0.123. The van der Waals surface area contributed by atoms with Crippen molar-refractivity contribution in [2.75, 3.05) is 11.9 Å². The number of amides is 2. The van der Waals surface area contributed by atoms with E-state index in [-0.39, 0.29) is 30.1 Å². The molecule has 0 unspecified atom stereocenters. The van der Waals surface area contributed by atoms with Crippen molar-refractivity contribution in [2.45, 2.75) is 18.9 Å². The average molecular weight is 352 g/mol. The van der Waals surface area contributed by atoms with Crippen LogP contribution < -0.4 is 15.4 Å². The van der Waals surface area contributed by atoms with Crippen LogP contribution >= 0.6 is 0 Å². The summed E-state index contributed by atoms with van der Waals surface area (Å²) < 4.78 is 5.64. The second-order valence-electron chi connectivity index (χ2n) is 6.02. The Morgan fingerprint density at radius 3 is 2.65 bits per heavy atom. The molecule has 1 aliphatic carbocycles. The zero-order valence-electron chi connectivity index (χ0n) is 13.7. The number of nitrogens with one attached hydrogen (secondary N) is 3. The molecule has 1 saturated carbocycles. The van der Waals surface area contributed by atoms with Gasteiger partial charge in [-0.3, -0.25) is 14.9 Å². The second-order valence-corrected chi connectivity index (χ2v) is 6.02. The first kappa shape index (κ1) is 16.0. The Balaban J connectivity index is 1.59. The molecule has 0 atom stereocenters. The molecule has 0 saturated heterocycles. The smallest absolute Gasteiger partial charge is 0.270 e. The number of nitrogens with zero attached hydrogens (tertiary/aromatic N) is 3. The summed E-state index contributed by atoms with van der Waals surface area (Å²) in [6, 6.07) is 11.3. The van der Waals surface area contributed by atoms with Crippen LogP contribution in [0.25, 0.3) is 10.8 Å². The maximum absolute atomic E-state index is 12.6. The van der Waals surface area contributed by atoms with Crippen LogP contribution in [-0.4, -0.2) is 45.1 Å². The first-order valence-corrected chi connectivity index (χ1v) is 8.19. The monoisotopic (exact) mass is 352 g/mol. The van der Waals surface area contributed by atoms with E-state index in [4.69, 9.17) is 4.74 Å². The third kappa shape index (κ3) is 3.61. The molecule has 0 aliphatic heterocycles. The van der Waals surface area contributed by atoms with Gasteiger partial charge in [0.2, 0.25) is 0 Å². The van der Waals surface area contributed by atoms with Crippen molar-refractivity contribution in [3.05, 3.63) is 42.0 Å². The van der Waals surface area contributed by atoms with Gasteiger partial charge in [-0.05, 0) is 41.0 Å². The van der Waals surface area contributed by atoms with E-state index in [1.54, 1.807) is 12.1 Å². The first-order chi connectivity index (χ1) is 12.7. The Morgan fingerprint density at radius 1 is 1.19 bits per heavy atom. The van der Waals surface area contributed by atoms with Crippen molar-refractivity contribution in [2.24, 2.45) is 0 Å². The fourth-order valence-electron chi connectivity index (χ4n) is 2.54. The van der Waals surface area contributed by atoms with Crippen LogP contribution in [0.2, 0.25) is 0 Å². The largest absolute Gasteiger partial charge is 0.483 e. The fourth-order valence-corrected chi connectivity index (χ4v) is 2.54. The topological polar surface area (TPSA) is 122 Å². The molecule has 0 spiro atoms. The van der Waals surface area contributed by atoms with Crippen molar-refractivity contribution in [3.63, 3.8) is 0 Å². The summed E-state index contributed by atoms with van der Waals surface area (Å²) in [5, 5.41) is 20.2. The van der Waals surface area contributed by atoms with Crippen LogP contribution in [0.1, 0.15) is 23.2 Å². The number of aromatic amines is 1. The van der Waals surface area contributed by atoms with Crippen LogP contribution in [-0.2, 0) is 4.79 Å². The number of hydrogen-bond acceptors (Lipinski definition) is 6. The van der Waals surface area contributed by atoms with Gasteiger partial charge in [-0.15, -0.1) is 5.10 Å². The molecular formula is C17H16N6O3. The first-order valence-electron chi connectivity index (χ1n) is 8.19. The van der Waals surface area contributed by atoms with E-state index in [0.29, 0.717) is 5.75 Å². The van der Waals surface area contributed by atoms with Gasteiger partial charge in [-0.25, -0.2) is 0 Å². The molecule has 4 rings (SSSR count). The SMILES string of the molecule is O=C(COc1cc2ccccc2cc1C(=O)Nc1nn[nH]n1)NC1CC1. The number of aromatic nitrogens is 4. The van der Waals surface area contributed by atoms with Gasteiger partial charge >= 0.3 is 0 Å². The lowest BCUT2D eigenvalue weighted by Crippen LogP contribution is -2.30. The van der Waals surface area contributed by atoms with Gasteiger partial charge < -0.3 is 10.1 Å². The quantitative estimate of drug-likeness (QED) is 0.614. The predicted molar refractivity (Wildman–Crippen MR) is 92.7 cm³/mol. The maximum atomic E-state index is 12.6. The van der Waals surface area contributed by atoms with Gasteiger partial charge in [0.05, 0.1) is 5.56 Å². The van der Waals surface area contributed by atoms with E-state index in [2.05, 4.69) is 31.3 Å². The number of carbonyl (C=O) groups excluding carboxylic acids is 2. The predicted octanol–water partition coefficient (Wildman–Crippen LogP) is 1.26. The van der Waals surface area contributed by atoms with E-state index < -0.39 is 5.91 Å². The Hall–Kier alpha value is -3.49. The average Bonchev–Trinajstić information content (AvgIpc) is 3.31. The molecule has 3 N–H and O–H groups in total. The van der Waals surface area contributed by atoms with E-state index in [1.807, 2.05) is 24.3 Å². The zero-order chi connectivity index (χ0) is 17.9. The highest BCUT2D eigenvalue weighted by Crippen LogP contribution is 2.27. The molecule has 9 heteroatoms. The summed E-state index contributed by atoms with van der Waals surface area (Å²) in [6.07, 6.45) is 2.00. The van der Waals surface area contributed by atoms with Crippen LogP contribution in [0.3, 0.4) is 0 Å². The van der Waals surface area contributed by atoms with Crippen LogP contribution in [0.4, 0.5) is 5.95 Å². The number of tetrazole rings is 1. The van der Waals surface area contributed by atoms with Crippen molar-refractivity contribution >= 4 is 28.5 Å². The lowest BCUT2D eigenvalue weighted by atomic mass is 10.1. The molecule has 2 amide bonds. The minimum Gasteiger partial charge on any atom is -0.483 e. The van der Waals surface area contributed by atoms with Gasteiger partial charge in [0, 0.05) is 6.04 Å². The summed E-state index contributed by atoms with van der Waals surface area (Å²) in [5.74, 6) is -0.281. The fraction of sp³-hybridized carbons (Fsp3) is 0.235. The molecule has 9 nitrogen and oxygen atoms in total. The summed E-state index contributed by atoms with van der Waals surface area (Å²) >= 11 is 0. The summed E-state index contributed by atoms with van der Waals surface area (Å²) in [4.78, 5) is 24.5. The molecule has 26 heavy (non-hydrogen) atoms. The van der Waals surface area contributed by atoms with Crippen molar-refractivity contribution in [1.29, 1.82) is 0 Å². The summed E-state index contributed by atoms with van der Waals surface area (Å²) in [7, 11) is 0. The molecule has 1 aliphatic rings. The van der Waals surface area contributed by atoms with Crippen molar-refractivity contribution < 1.29 is 14.3 Å². The number of carbonyl (C=O) groups is 2. The van der Waals surface area contributed by atoms with Crippen molar-refractivity contribution in [3.8, 4) is 5.75 Å². The minimum atomic E-state index is -0.449. The normalized spacial score (nSPS) is 13.4. The summed E-state index contributed by atoms with van der Waals surface area (Å²) in [6.45, 7) is -0.155. The Labute approximate surface area is 148 Å². The number of ether oxygens (including phenoxy) is 1. The highest BCUT2D eigenvalue weighted by atomic mass is 16.5. The molecule has 3 aromatic rings. The minimum absolute atomic E-state index is 0.0561. The second kappa shape index (κ2) is 6.79. The molecule has 2 aromatic carbocycles. The molecule has 0 radical (unpaired) electrons. The Bertz CT molecular complexity index is 952. The van der Waals surface area contributed by atoms with Crippen LogP contribution in [0.15, 0.2) is 36.4 Å². The maximum Gasteiger partial charge on any atom is 0.270 e. The third-order valence-corrected chi connectivity index (χ3v) is 3.96. The Morgan fingerprint density at radius 2 is 1.96 bits per heavy atom. The molecular weight excluding hydrogens is 336 g/mol. The molecule has 0 bridgehead atoms. The van der Waals surface area contributed by atoms with E-state index in [9.17, 15) is 9.59 Å². The number of benzene rings is 2. The van der Waals surface area contributed by atoms with Gasteiger partial charge in [-0.2, -0.15) is 5.21 Å². The van der Waals surface area contributed by atoms with Gasteiger partial charge in [-0.1, -0.05) is 29.4 Å². The van der Waals surface area contributed by atoms with Crippen molar-refractivity contribution in [1.82, 2.24) is 25.9 Å². The number of hydrogen-bond donors (Lipinski definition) is 3. The van der Waals surface area contributed by atoms with E-state index in [0.717, 1.165) is 23.6 Å². The van der Waals surface area contributed by atoms with Gasteiger partial charge in [0.25, 0.3) is 17.8 Å². The molecule has 1 heterocycles. The third-order valence-electron chi connectivity index (χ3n) is 3.96. The van der Waals surface area contributed by atoms with E-state index >= 15 is 0 Å². The van der Waals surface area contributed by atoms with Crippen LogP contribution in [0.5, 0.6) is 5.75 Å². The lowest BCUT2D eigenvalue weighted by Gasteiger charge is -2.12. The number of fused-ring (bicyclic) bond motifs is 1. The van der Waals surface area contributed by atoms with Gasteiger partial charge in [0.15, 0.2) is 6.61 Å². The van der Waals surface area contributed by atoms with Crippen LogP contribution in [0, 0.1) is 0 Å². The molecule has 132 valence electrons. The highest BCUT2D eigenvalue weighted by Gasteiger charge is 2.24.